The molecule has 0 aliphatic heterocycles. The van der Waals surface area contributed by atoms with Gasteiger partial charge in [0.1, 0.15) is 35.9 Å². The quantitative estimate of drug-likeness (QED) is 0.266. The van der Waals surface area contributed by atoms with E-state index in [1.54, 1.807) is 0 Å². The summed E-state index contributed by atoms with van der Waals surface area (Å²) in [4.78, 5) is 38.1. The largest absolute Gasteiger partial charge is 0.481 e. The van der Waals surface area contributed by atoms with E-state index in [9.17, 15) is 27.6 Å². The van der Waals surface area contributed by atoms with Gasteiger partial charge in [0.2, 0.25) is 11.2 Å². The molecular formula is C31H33F3N2O6. The summed E-state index contributed by atoms with van der Waals surface area (Å²) in [7, 11) is 1.08. The minimum Gasteiger partial charge on any atom is -0.481 e. The van der Waals surface area contributed by atoms with Crippen molar-refractivity contribution in [3.8, 4) is 5.75 Å². The van der Waals surface area contributed by atoms with Crippen LogP contribution in [0.2, 0.25) is 0 Å². The zero-order chi connectivity index (χ0) is 30.4. The van der Waals surface area contributed by atoms with E-state index in [1.807, 2.05) is 24.3 Å². The van der Waals surface area contributed by atoms with Crippen molar-refractivity contribution in [2.24, 2.45) is 17.6 Å². The molecule has 224 valence electrons. The first-order valence-corrected chi connectivity index (χ1v) is 13.7. The lowest BCUT2D eigenvalue weighted by atomic mass is 9.89. The SMILES string of the molecule is COC(=O)c1occ(C(=O)NCc2c(F)cc(F)cc2F)c(=O)c1OCc1ccc(CC2CCC[C@H](C)C(N)C2)cc1. The Labute approximate surface area is 241 Å². The lowest BCUT2D eigenvalue weighted by Crippen LogP contribution is -2.30. The third-order valence-corrected chi connectivity index (χ3v) is 7.64. The van der Waals surface area contributed by atoms with Crippen molar-refractivity contribution in [1.29, 1.82) is 0 Å². The molecule has 3 N–H and O–H groups in total. The third-order valence-electron chi connectivity index (χ3n) is 7.64. The molecule has 1 heterocycles. The number of methoxy groups -OCH3 is 1. The molecule has 3 atom stereocenters. The number of nitrogens with one attached hydrogen (secondary N) is 1. The number of benzene rings is 2. The summed E-state index contributed by atoms with van der Waals surface area (Å²) in [6, 6.07) is 8.77. The van der Waals surface area contributed by atoms with Crippen LogP contribution >= 0.6 is 0 Å². The van der Waals surface area contributed by atoms with Gasteiger partial charge < -0.3 is 24.9 Å². The van der Waals surface area contributed by atoms with E-state index in [2.05, 4.69) is 17.0 Å². The van der Waals surface area contributed by atoms with Crippen LogP contribution in [0.25, 0.3) is 0 Å². The average molecular weight is 587 g/mol. The predicted molar refractivity (Wildman–Crippen MR) is 147 cm³/mol. The summed E-state index contributed by atoms with van der Waals surface area (Å²) in [6.07, 6.45) is 6.05. The van der Waals surface area contributed by atoms with Gasteiger partial charge in [-0.05, 0) is 42.2 Å². The molecule has 1 fully saturated rings. The first-order chi connectivity index (χ1) is 20.1. The van der Waals surface area contributed by atoms with Gasteiger partial charge in [0.25, 0.3) is 11.7 Å². The van der Waals surface area contributed by atoms with Crippen LogP contribution in [-0.4, -0.2) is 25.0 Å². The number of amides is 1. The molecule has 11 heteroatoms. The van der Waals surface area contributed by atoms with Gasteiger partial charge in [0, 0.05) is 30.3 Å². The molecule has 1 aliphatic rings. The van der Waals surface area contributed by atoms with Crippen molar-refractivity contribution < 1.29 is 36.7 Å². The molecular weight excluding hydrogens is 553 g/mol. The molecule has 1 aromatic heterocycles. The van der Waals surface area contributed by atoms with E-state index in [0.717, 1.165) is 51.0 Å². The van der Waals surface area contributed by atoms with Crippen LogP contribution in [0.3, 0.4) is 0 Å². The van der Waals surface area contributed by atoms with Gasteiger partial charge in [-0.15, -0.1) is 0 Å². The van der Waals surface area contributed by atoms with Crippen LogP contribution in [0.15, 0.2) is 51.9 Å². The van der Waals surface area contributed by atoms with E-state index < -0.39 is 63.9 Å². The highest BCUT2D eigenvalue weighted by Gasteiger charge is 2.26. The van der Waals surface area contributed by atoms with Gasteiger partial charge >= 0.3 is 5.97 Å². The van der Waals surface area contributed by atoms with Crippen LogP contribution in [0.5, 0.6) is 5.75 Å². The molecule has 1 aliphatic carbocycles. The maximum Gasteiger partial charge on any atom is 0.378 e. The fourth-order valence-corrected chi connectivity index (χ4v) is 5.10. The normalized spacial score (nSPS) is 18.7. The molecule has 1 saturated carbocycles. The van der Waals surface area contributed by atoms with Crippen LogP contribution in [0, 0.1) is 29.3 Å². The van der Waals surface area contributed by atoms with Gasteiger partial charge in [-0.3, -0.25) is 9.59 Å². The van der Waals surface area contributed by atoms with E-state index in [4.69, 9.17) is 14.9 Å². The van der Waals surface area contributed by atoms with Crippen molar-refractivity contribution >= 4 is 11.9 Å². The Balaban J connectivity index is 1.47. The van der Waals surface area contributed by atoms with E-state index in [-0.39, 0.29) is 12.6 Å². The van der Waals surface area contributed by atoms with Crippen molar-refractivity contribution in [2.45, 2.75) is 58.2 Å². The average Bonchev–Trinajstić information content (AvgIpc) is 3.11. The van der Waals surface area contributed by atoms with Gasteiger partial charge in [0.15, 0.2) is 0 Å². The summed E-state index contributed by atoms with van der Waals surface area (Å²) in [6.45, 7) is 1.40. The minimum atomic E-state index is -1.21. The highest BCUT2D eigenvalue weighted by Crippen LogP contribution is 2.29. The first kappa shape index (κ1) is 30.8. The number of rotatable bonds is 9. The third kappa shape index (κ3) is 7.39. The van der Waals surface area contributed by atoms with Crippen molar-refractivity contribution in [3.05, 3.63) is 98.4 Å². The zero-order valence-corrected chi connectivity index (χ0v) is 23.4. The monoisotopic (exact) mass is 586 g/mol. The molecule has 0 bridgehead atoms. The summed E-state index contributed by atoms with van der Waals surface area (Å²) in [5, 5.41) is 2.19. The fourth-order valence-electron chi connectivity index (χ4n) is 5.10. The molecule has 42 heavy (non-hydrogen) atoms. The molecule has 0 spiro atoms. The molecule has 8 nitrogen and oxygen atoms in total. The van der Waals surface area contributed by atoms with E-state index >= 15 is 0 Å². The number of hydrogen-bond donors (Lipinski definition) is 2. The minimum absolute atomic E-state index is 0.127. The molecule has 2 aromatic carbocycles. The number of ether oxygens (including phenoxy) is 2. The molecule has 0 radical (unpaired) electrons. The number of esters is 1. The summed E-state index contributed by atoms with van der Waals surface area (Å²) in [5.41, 5.74) is 6.01. The van der Waals surface area contributed by atoms with Gasteiger partial charge in [-0.2, -0.15) is 0 Å². The predicted octanol–water partition coefficient (Wildman–Crippen LogP) is 5.05. The highest BCUT2D eigenvalue weighted by atomic mass is 19.1. The Bertz CT molecular complexity index is 1470. The molecule has 4 rings (SSSR count). The second-order valence-electron chi connectivity index (χ2n) is 10.6. The lowest BCUT2D eigenvalue weighted by molar-refractivity contribution is 0.0551. The maximum atomic E-state index is 14.0. The van der Waals surface area contributed by atoms with E-state index in [1.165, 1.54) is 0 Å². The maximum absolute atomic E-state index is 14.0. The Morgan fingerprint density at radius 3 is 2.40 bits per heavy atom. The molecule has 0 saturated heterocycles. The van der Waals surface area contributed by atoms with Gasteiger partial charge in [-0.1, -0.05) is 44.0 Å². The lowest BCUT2D eigenvalue weighted by Gasteiger charge is -2.20. The van der Waals surface area contributed by atoms with Crippen molar-refractivity contribution in [1.82, 2.24) is 5.32 Å². The Morgan fingerprint density at radius 2 is 1.74 bits per heavy atom. The zero-order valence-electron chi connectivity index (χ0n) is 23.4. The van der Waals surface area contributed by atoms with Crippen LogP contribution < -0.4 is 21.2 Å². The van der Waals surface area contributed by atoms with Crippen LogP contribution in [0.1, 0.15) is 70.2 Å². The van der Waals surface area contributed by atoms with Gasteiger partial charge in [0.05, 0.1) is 7.11 Å². The number of carbonyl (C=O) groups excluding carboxylic acids is 2. The van der Waals surface area contributed by atoms with E-state index in [0.29, 0.717) is 29.5 Å². The highest BCUT2D eigenvalue weighted by molar-refractivity contribution is 5.95. The molecule has 1 amide bonds. The Morgan fingerprint density at radius 1 is 1.07 bits per heavy atom. The molecule has 2 unspecified atom stereocenters. The number of halogens is 3. The number of nitrogens with two attached hydrogens (primary N) is 1. The standard InChI is InChI=1S/C31H33F3N2O6/c1-17-4-3-5-20(11-26(17)35)10-18-6-8-19(9-7-18)15-41-28-27(37)23(16-42-29(28)31(39)40-2)30(38)36-14-22-24(33)12-21(32)13-25(22)34/h6-9,12-13,16-17,20,26H,3-5,10-11,14-15,35H2,1-2H3,(H,36,38)/t17-,20?,26?/m0/s1. The first-order valence-electron chi connectivity index (χ1n) is 13.7. The Hall–Kier alpha value is -4.12. The Kier molecular flexibility index (Phi) is 10.1. The summed E-state index contributed by atoms with van der Waals surface area (Å²) in [5.74, 6) is -5.66. The van der Waals surface area contributed by atoms with Crippen LogP contribution in [-0.2, 0) is 24.3 Å². The number of hydrogen-bond acceptors (Lipinski definition) is 7. The number of carbonyl (C=O) groups is 2. The smallest absolute Gasteiger partial charge is 0.378 e. The fraction of sp³-hybridized carbons (Fsp3) is 0.387. The van der Waals surface area contributed by atoms with Crippen molar-refractivity contribution in [3.63, 3.8) is 0 Å². The van der Waals surface area contributed by atoms with Gasteiger partial charge in [-0.25, -0.2) is 18.0 Å². The second kappa shape index (κ2) is 13.7. The second-order valence-corrected chi connectivity index (χ2v) is 10.6. The van der Waals surface area contributed by atoms with Crippen molar-refractivity contribution in [2.75, 3.05) is 7.11 Å². The topological polar surface area (TPSA) is 121 Å². The summed E-state index contributed by atoms with van der Waals surface area (Å²) < 4.78 is 56.6. The van der Waals surface area contributed by atoms with Crippen LogP contribution in [0.4, 0.5) is 13.2 Å². The summed E-state index contributed by atoms with van der Waals surface area (Å²) >= 11 is 0. The molecule has 3 aromatic rings.